The van der Waals surface area contributed by atoms with Crippen LogP contribution in [0.1, 0.15) is 145 Å². The average Bonchev–Trinajstić information content (AvgIpc) is 3.32. The van der Waals surface area contributed by atoms with Crippen LogP contribution in [0.4, 0.5) is 0 Å². The number of allylic oxidation sites excluding steroid dienone is 1. The summed E-state index contributed by atoms with van der Waals surface area (Å²) in [5.74, 6) is 3.25. The molecule has 0 heterocycles. The van der Waals surface area contributed by atoms with Crippen molar-refractivity contribution in [3.8, 4) is 0 Å². The normalized spacial score (nSPS) is 32.6. The monoisotopic (exact) mass is 657 g/mol. The van der Waals surface area contributed by atoms with E-state index in [0.29, 0.717) is 18.4 Å². The fourth-order valence-corrected chi connectivity index (χ4v) is 10.4. The molecule has 47 heavy (non-hydrogen) atoms. The van der Waals surface area contributed by atoms with Crippen LogP contribution in [-0.2, 0) is 23.9 Å². The van der Waals surface area contributed by atoms with Gasteiger partial charge in [-0.1, -0.05) is 65.0 Å². The summed E-state index contributed by atoms with van der Waals surface area (Å²) in [5.41, 5.74) is 7.28. The van der Waals surface area contributed by atoms with E-state index in [9.17, 15) is 14.4 Å². The zero-order valence-electron chi connectivity index (χ0n) is 31.0. The third-order valence-electron chi connectivity index (χ3n) is 12.8. The predicted octanol–water partition coefficient (Wildman–Crippen LogP) is 8.03. The Bertz CT molecular complexity index is 1100. The van der Waals surface area contributed by atoms with Crippen LogP contribution in [0.25, 0.3) is 0 Å². The number of esters is 2. The molecular weight excluding hydrogens is 588 g/mol. The molecule has 4 aliphatic carbocycles. The van der Waals surface area contributed by atoms with Gasteiger partial charge in [-0.3, -0.25) is 14.5 Å². The minimum atomic E-state index is -0.686. The topological polar surface area (TPSA) is 98.9 Å². The summed E-state index contributed by atoms with van der Waals surface area (Å²) in [6.07, 6.45) is 20.0. The summed E-state index contributed by atoms with van der Waals surface area (Å²) < 4.78 is 11.8. The molecular formula is C40H68N2O5. The molecule has 0 aliphatic heterocycles. The zero-order chi connectivity index (χ0) is 34.4. The van der Waals surface area contributed by atoms with Crippen LogP contribution in [0.5, 0.6) is 0 Å². The van der Waals surface area contributed by atoms with Crippen molar-refractivity contribution in [1.29, 1.82) is 0 Å². The van der Waals surface area contributed by atoms with Gasteiger partial charge >= 0.3 is 11.9 Å². The van der Waals surface area contributed by atoms with Crippen molar-refractivity contribution in [2.24, 2.45) is 46.2 Å². The molecule has 7 nitrogen and oxygen atoms in total. The van der Waals surface area contributed by atoms with Gasteiger partial charge in [-0.2, -0.15) is 0 Å². The molecule has 3 fully saturated rings. The standard InChI is InChI=1S/C40H68N2O5/c1-28(2)12-8-9-13-29-16-18-33-32-17-15-30-26-31(19-21-40(30,7)34(32)20-22-39(29,33)6)46-37(45)35(14-10-11-23-41)42(24-25-43)27-36(44)47-38(3,4)5/h15,25,28-29,31-35H,8-14,16-24,26-27,41H2,1-7H3. The molecule has 0 saturated heterocycles. The third-order valence-corrected chi connectivity index (χ3v) is 12.8. The minimum absolute atomic E-state index is 0.0303. The van der Waals surface area contributed by atoms with E-state index in [4.69, 9.17) is 15.2 Å². The van der Waals surface area contributed by atoms with Crippen LogP contribution >= 0.6 is 0 Å². The van der Waals surface area contributed by atoms with Gasteiger partial charge in [0.05, 0.1) is 13.1 Å². The second-order valence-corrected chi connectivity index (χ2v) is 17.5. The molecule has 7 heteroatoms. The van der Waals surface area contributed by atoms with Gasteiger partial charge in [0.1, 0.15) is 24.0 Å². The molecule has 2 N–H and O–H groups in total. The number of hydrogen-bond donors (Lipinski definition) is 1. The molecule has 0 aromatic rings. The molecule has 0 aromatic heterocycles. The molecule has 0 bridgehead atoms. The van der Waals surface area contributed by atoms with Gasteiger partial charge in [-0.05, 0) is 132 Å². The molecule has 0 spiro atoms. The van der Waals surface area contributed by atoms with E-state index in [-0.39, 0.29) is 30.6 Å². The first-order chi connectivity index (χ1) is 22.2. The van der Waals surface area contributed by atoms with Crippen LogP contribution in [-0.4, -0.2) is 60.5 Å². The molecule has 8 unspecified atom stereocenters. The van der Waals surface area contributed by atoms with E-state index in [1.54, 1.807) is 4.90 Å². The van der Waals surface area contributed by atoms with Crippen LogP contribution in [0.2, 0.25) is 0 Å². The molecule has 8 atom stereocenters. The fourth-order valence-electron chi connectivity index (χ4n) is 10.4. The number of fused-ring (bicyclic) bond motifs is 5. The lowest BCUT2D eigenvalue weighted by Gasteiger charge is -2.58. The highest BCUT2D eigenvalue weighted by Gasteiger charge is 2.58. The van der Waals surface area contributed by atoms with E-state index in [2.05, 4.69) is 33.8 Å². The number of hydrogen-bond acceptors (Lipinski definition) is 7. The zero-order valence-corrected chi connectivity index (χ0v) is 31.0. The van der Waals surface area contributed by atoms with Crippen molar-refractivity contribution >= 4 is 18.2 Å². The van der Waals surface area contributed by atoms with Gasteiger partial charge in [0.15, 0.2) is 0 Å². The molecule has 268 valence electrons. The molecule has 4 rings (SSSR count). The number of carbonyl (C=O) groups excluding carboxylic acids is 3. The van der Waals surface area contributed by atoms with E-state index < -0.39 is 17.6 Å². The van der Waals surface area contributed by atoms with Gasteiger partial charge < -0.3 is 20.0 Å². The van der Waals surface area contributed by atoms with Crippen molar-refractivity contribution in [1.82, 2.24) is 4.90 Å². The Morgan fingerprint density at radius 2 is 1.77 bits per heavy atom. The third kappa shape index (κ3) is 9.29. The molecule has 0 aromatic carbocycles. The highest BCUT2D eigenvalue weighted by molar-refractivity contribution is 5.79. The van der Waals surface area contributed by atoms with Crippen molar-refractivity contribution in [3.63, 3.8) is 0 Å². The second-order valence-electron chi connectivity index (χ2n) is 17.5. The summed E-state index contributed by atoms with van der Waals surface area (Å²) in [4.78, 5) is 39.8. The van der Waals surface area contributed by atoms with Crippen molar-refractivity contribution in [2.45, 2.75) is 163 Å². The van der Waals surface area contributed by atoms with E-state index in [1.807, 2.05) is 20.8 Å². The maximum absolute atomic E-state index is 13.8. The van der Waals surface area contributed by atoms with Crippen molar-refractivity contribution in [3.05, 3.63) is 11.6 Å². The van der Waals surface area contributed by atoms with Gasteiger partial charge in [-0.15, -0.1) is 0 Å². The van der Waals surface area contributed by atoms with E-state index >= 15 is 0 Å². The Morgan fingerprint density at radius 1 is 1.02 bits per heavy atom. The molecule has 4 aliphatic rings. The second kappa shape index (κ2) is 16.3. The number of rotatable bonds is 16. The Labute approximate surface area is 286 Å². The first-order valence-corrected chi connectivity index (χ1v) is 19.2. The number of nitrogens with zero attached hydrogens (tertiary/aromatic N) is 1. The summed E-state index contributed by atoms with van der Waals surface area (Å²) in [6.45, 7) is 15.6. The number of carbonyl (C=O) groups is 3. The first kappa shape index (κ1) is 38.1. The summed E-state index contributed by atoms with van der Waals surface area (Å²) in [7, 11) is 0. The van der Waals surface area contributed by atoms with Gasteiger partial charge in [0, 0.05) is 6.42 Å². The van der Waals surface area contributed by atoms with Crippen molar-refractivity contribution in [2.75, 3.05) is 19.6 Å². The maximum atomic E-state index is 13.8. The lowest BCUT2D eigenvalue weighted by Crippen LogP contribution is -2.51. The van der Waals surface area contributed by atoms with Gasteiger partial charge in [0.25, 0.3) is 0 Å². The summed E-state index contributed by atoms with van der Waals surface area (Å²) in [6, 6.07) is -0.686. The van der Waals surface area contributed by atoms with Crippen LogP contribution < -0.4 is 5.73 Å². The summed E-state index contributed by atoms with van der Waals surface area (Å²) in [5, 5.41) is 0. The predicted molar refractivity (Wildman–Crippen MR) is 189 cm³/mol. The number of unbranched alkanes of at least 4 members (excludes halogenated alkanes) is 2. The van der Waals surface area contributed by atoms with Crippen LogP contribution in [0.15, 0.2) is 11.6 Å². The average molecular weight is 657 g/mol. The Kier molecular flexibility index (Phi) is 13.2. The van der Waals surface area contributed by atoms with Gasteiger partial charge in [0.2, 0.25) is 0 Å². The maximum Gasteiger partial charge on any atom is 0.323 e. The summed E-state index contributed by atoms with van der Waals surface area (Å²) >= 11 is 0. The van der Waals surface area contributed by atoms with E-state index in [0.717, 1.165) is 68.0 Å². The Balaban J connectivity index is 1.41. The Hall–Kier alpha value is -1.73. The highest BCUT2D eigenvalue weighted by atomic mass is 16.6. The first-order valence-electron chi connectivity index (χ1n) is 19.2. The minimum Gasteiger partial charge on any atom is -0.461 e. The fraction of sp³-hybridized carbons (Fsp3) is 0.875. The smallest absolute Gasteiger partial charge is 0.323 e. The SMILES string of the molecule is CC(C)CCCCC1CCC2C3CC=C4CC(OC(=O)C(CCCCN)N(CC=O)CC(=O)OC(C)(C)C)CCC4(C)C3CCC12C. The molecule has 0 amide bonds. The number of ether oxygens (including phenoxy) is 2. The number of nitrogens with two attached hydrogens (primary N) is 1. The quantitative estimate of drug-likeness (QED) is 0.0777. The lowest BCUT2D eigenvalue weighted by molar-refractivity contribution is -0.162. The molecule has 3 saturated carbocycles. The highest BCUT2D eigenvalue weighted by Crippen LogP contribution is 2.66. The largest absolute Gasteiger partial charge is 0.461 e. The van der Waals surface area contributed by atoms with Crippen molar-refractivity contribution < 1.29 is 23.9 Å². The Morgan fingerprint density at radius 3 is 2.45 bits per heavy atom. The molecule has 0 radical (unpaired) electrons. The number of aldehydes is 1. The van der Waals surface area contributed by atoms with Crippen LogP contribution in [0.3, 0.4) is 0 Å². The van der Waals surface area contributed by atoms with Gasteiger partial charge in [-0.25, -0.2) is 0 Å². The van der Waals surface area contributed by atoms with E-state index in [1.165, 1.54) is 63.4 Å². The van der Waals surface area contributed by atoms with Crippen LogP contribution in [0, 0.1) is 40.4 Å². The lowest BCUT2D eigenvalue weighted by atomic mass is 9.47.